The Balaban J connectivity index is 2.20. The number of nitrogens with zero attached hydrogens (tertiary/aromatic N) is 3. The van der Waals surface area contributed by atoms with Gasteiger partial charge in [-0.15, -0.1) is 0 Å². The number of carboxylic acid groups (broad SMARTS) is 1. The fourth-order valence-corrected chi connectivity index (χ4v) is 2.15. The summed E-state index contributed by atoms with van der Waals surface area (Å²) in [4.78, 5) is 28.8. The molecule has 110 valence electrons. The standard InChI is InChI=1S/C13H19N3O4/c1-8-6-16-9(11(17)18)5-14-10(16)7-15(8)12(19)20-13(2,3)4/h5,8H,6-7H2,1-4H3,(H,17,18). The number of aromatic carboxylic acids is 1. The first-order chi connectivity index (χ1) is 9.19. The summed E-state index contributed by atoms with van der Waals surface area (Å²) in [7, 11) is 0. The van der Waals surface area contributed by atoms with E-state index in [0.717, 1.165) is 0 Å². The Morgan fingerprint density at radius 1 is 1.45 bits per heavy atom. The van der Waals surface area contributed by atoms with Crippen molar-refractivity contribution in [1.29, 1.82) is 0 Å². The van der Waals surface area contributed by atoms with Gasteiger partial charge in [0.15, 0.2) is 0 Å². The molecule has 0 saturated heterocycles. The van der Waals surface area contributed by atoms with E-state index in [0.29, 0.717) is 12.4 Å². The van der Waals surface area contributed by atoms with Crippen molar-refractivity contribution in [1.82, 2.24) is 14.5 Å². The van der Waals surface area contributed by atoms with Crippen LogP contribution in [0.1, 0.15) is 44.0 Å². The molecule has 2 heterocycles. The molecule has 0 radical (unpaired) electrons. The van der Waals surface area contributed by atoms with Crippen molar-refractivity contribution in [2.45, 2.75) is 52.4 Å². The lowest BCUT2D eigenvalue weighted by Crippen LogP contribution is -2.47. The Morgan fingerprint density at radius 3 is 2.65 bits per heavy atom. The molecule has 1 atom stereocenters. The van der Waals surface area contributed by atoms with Crippen molar-refractivity contribution in [2.24, 2.45) is 0 Å². The maximum atomic E-state index is 12.1. The largest absolute Gasteiger partial charge is 0.477 e. The number of imidazole rings is 1. The van der Waals surface area contributed by atoms with Gasteiger partial charge in [0.2, 0.25) is 0 Å². The number of carbonyl (C=O) groups is 2. The minimum atomic E-state index is -1.01. The number of hydrogen-bond acceptors (Lipinski definition) is 4. The lowest BCUT2D eigenvalue weighted by atomic mass is 10.2. The Hall–Kier alpha value is -2.05. The molecule has 20 heavy (non-hydrogen) atoms. The zero-order chi connectivity index (χ0) is 15.1. The van der Waals surface area contributed by atoms with Gasteiger partial charge in [0.25, 0.3) is 0 Å². The highest BCUT2D eigenvalue weighted by atomic mass is 16.6. The second-order valence-corrected chi connectivity index (χ2v) is 5.93. The lowest BCUT2D eigenvalue weighted by molar-refractivity contribution is 0.00919. The molecule has 0 aromatic carbocycles. The van der Waals surface area contributed by atoms with E-state index in [1.165, 1.54) is 6.20 Å². The number of amides is 1. The summed E-state index contributed by atoms with van der Waals surface area (Å²) < 4.78 is 6.98. The molecule has 0 fully saturated rings. The van der Waals surface area contributed by atoms with E-state index < -0.39 is 17.7 Å². The number of carboxylic acids is 1. The van der Waals surface area contributed by atoms with E-state index in [9.17, 15) is 9.59 Å². The van der Waals surface area contributed by atoms with Crippen molar-refractivity contribution in [2.75, 3.05) is 0 Å². The molecular formula is C13H19N3O4. The molecular weight excluding hydrogens is 262 g/mol. The molecule has 1 N–H and O–H groups in total. The maximum Gasteiger partial charge on any atom is 0.411 e. The summed E-state index contributed by atoms with van der Waals surface area (Å²) in [5, 5.41) is 9.08. The second kappa shape index (κ2) is 4.81. The predicted octanol–water partition coefficient (Wildman–Crippen LogP) is 1.72. The van der Waals surface area contributed by atoms with Crippen LogP contribution in [0.15, 0.2) is 6.20 Å². The molecule has 1 aliphatic rings. The van der Waals surface area contributed by atoms with Crippen LogP contribution in [-0.4, -0.2) is 43.3 Å². The molecule has 1 aliphatic heterocycles. The van der Waals surface area contributed by atoms with E-state index in [4.69, 9.17) is 9.84 Å². The highest BCUT2D eigenvalue weighted by Crippen LogP contribution is 2.21. The molecule has 0 saturated carbocycles. The third-order valence-electron chi connectivity index (χ3n) is 3.08. The van der Waals surface area contributed by atoms with Crippen molar-refractivity contribution in [3.63, 3.8) is 0 Å². The van der Waals surface area contributed by atoms with Gasteiger partial charge in [-0.25, -0.2) is 14.6 Å². The molecule has 2 rings (SSSR count). The highest BCUT2D eigenvalue weighted by Gasteiger charge is 2.32. The van der Waals surface area contributed by atoms with E-state index in [2.05, 4.69) is 4.98 Å². The fourth-order valence-electron chi connectivity index (χ4n) is 2.15. The van der Waals surface area contributed by atoms with Gasteiger partial charge in [-0.2, -0.15) is 0 Å². The van der Waals surface area contributed by atoms with Crippen LogP contribution in [0.2, 0.25) is 0 Å². The lowest BCUT2D eigenvalue weighted by Gasteiger charge is -2.35. The Kier molecular flexibility index (Phi) is 3.45. The molecule has 0 spiro atoms. The number of carbonyl (C=O) groups excluding carboxylic acids is 1. The van der Waals surface area contributed by atoms with E-state index >= 15 is 0 Å². The monoisotopic (exact) mass is 281 g/mol. The molecule has 7 heteroatoms. The zero-order valence-electron chi connectivity index (χ0n) is 12.1. The molecule has 7 nitrogen and oxygen atoms in total. The second-order valence-electron chi connectivity index (χ2n) is 5.93. The van der Waals surface area contributed by atoms with Gasteiger partial charge in [-0.3, -0.25) is 4.90 Å². The van der Waals surface area contributed by atoms with Crippen molar-refractivity contribution in [3.05, 3.63) is 17.7 Å². The fraction of sp³-hybridized carbons (Fsp3) is 0.615. The van der Waals surface area contributed by atoms with Gasteiger partial charge >= 0.3 is 12.1 Å². The number of rotatable bonds is 1. The zero-order valence-corrected chi connectivity index (χ0v) is 12.1. The van der Waals surface area contributed by atoms with Crippen LogP contribution in [-0.2, 0) is 17.8 Å². The summed E-state index contributed by atoms with van der Waals surface area (Å²) in [5.41, 5.74) is -0.411. The predicted molar refractivity (Wildman–Crippen MR) is 70.4 cm³/mol. The first-order valence-electron chi connectivity index (χ1n) is 6.46. The summed E-state index contributed by atoms with van der Waals surface area (Å²) in [5.74, 6) is -0.451. The molecule has 1 amide bonds. The van der Waals surface area contributed by atoms with Gasteiger partial charge in [-0.05, 0) is 27.7 Å². The van der Waals surface area contributed by atoms with E-state index in [1.807, 2.05) is 27.7 Å². The topological polar surface area (TPSA) is 84.7 Å². The maximum absolute atomic E-state index is 12.1. The third kappa shape index (κ3) is 2.76. The number of hydrogen-bond donors (Lipinski definition) is 1. The van der Waals surface area contributed by atoms with Gasteiger partial charge in [0.05, 0.1) is 18.8 Å². The Morgan fingerprint density at radius 2 is 2.10 bits per heavy atom. The van der Waals surface area contributed by atoms with Crippen molar-refractivity contribution >= 4 is 12.1 Å². The first kappa shape index (κ1) is 14.4. The minimum Gasteiger partial charge on any atom is -0.477 e. The summed E-state index contributed by atoms with van der Waals surface area (Å²) in [6.45, 7) is 7.94. The first-order valence-corrected chi connectivity index (χ1v) is 6.46. The van der Waals surface area contributed by atoms with Crippen LogP contribution < -0.4 is 0 Å². The quantitative estimate of drug-likeness (QED) is 0.847. The SMILES string of the molecule is CC1Cn2c(C(=O)O)cnc2CN1C(=O)OC(C)(C)C. The Bertz CT molecular complexity index is 544. The molecule has 0 aliphatic carbocycles. The van der Waals surface area contributed by atoms with Crippen LogP contribution in [0.5, 0.6) is 0 Å². The normalized spacial score (nSPS) is 18.6. The van der Waals surface area contributed by atoms with Crippen LogP contribution in [0.3, 0.4) is 0 Å². The summed E-state index contributed by atoms with van der Waals surface area (Å²) >= 11 is 0. The molecule has 1 aromatic heterocycles. The third-order valence-corrected chi connectivity index (χ3v) is 3.08. The van der Waals surface area contributed by atoms with E-state index in [-0.39, 0.29) is 18.3 Å². The smallest absolute Gasteiger partial charge is 0.411 e. The number of fused-ring (bicyclic) bond motifs is 1. The summed E-state index contributed by atoms with van der Waals surface area (Å²) in [6.07, 6.45) is 0.916. The van der Waals surface area contributed by atoms with E-state index in [1.54, 1.807) is 9.47 Å². The minimum absolute atomic E-state index is 0.148. The highest BCUT2D eigenvalue weighted by molar-refractivity contribution is 5.85. The van der Waals surface area contributed by atoms with Gasteiger partial charge < -0.3 is 14.4 Å². The van der Waals surface area contributed by atoms with Crippen LogP contribution in [0.25, 0.3) is 0 Å². The van der Waals surface area contributed by atoms with Crippen LogP contribution >= 0.6 is 0 Å². The van der Waals surface area contributed by atoms with Gasteiger partial charge in [0, 0.05) is 6.54 Å². The molecule has 1 unspecified atom stereocenters. The van der Waals surface area contributed by atoms with Gasteiger partial charge in [-0.1, -0.05) is 0 Å². The number of ether oxygens (including phenoxy) is 1. The average molecular weight is 281 g/mol. The summed E-state index contributed by atoms with van der Waals surface area (Å²) in [6, 6.07) is -0.148. The van der Waals surface area contributed by atoms with Crippen LogP contribution in [0.4, 0.5) is 4.79 Å². The van der Waals surface area contributed by atoms with Crippen LogP contribution in [0, 0.1) is 0 Å². The van der Waals surface area contributed by atoms with Crippen molar-refractivity contribution < 1.29 is 19.4 Å². The van der Waals surface area contributed by atoms with Gasteiger partial charge in [0.1, 0.15) is 17.1 Å². The molecule has 1 aromatic rings. The average Bonchev–Trinajstić information content (AvgIpc) is 2.68. The molecule has 0 bridgehead atoms. The Labute approximate surface area is 117 Å². The number of aromatic nitrogens is 2. The van der Waals surface area contributed by atoms with Crippen molar-refractivity contribution in [3.8, 4) is 0 Å².